The van der Waals surface area contributed by atoms with E-state index in [-0.39, 0.29) is 4.86 Å². The maximum atomic E-state index is 10.3. The first-order valence-corrected chi connectivity index (χ1v) is 3.82. The molecule has 0 saturated heterocycles. The lowest BCUT2D eigenvalue weighted by Gasteiger charge is -2.02. The predicted octanol–water partition coefficient (Wildman–Crippen LogP) is -1.39. The largest absolute Gasteiger partial charge is 0.479 e. The van der Waals surface area contributed by atoms with Gasteiger partial charge in [-0.05, 0) is 12.3 Å². The van der Waals surface area contributed by atoms with Gasteiger partial charge in [0.15, 0.2) is 6.04 Å². The Labute approximate surface area is 63.9 Å². The Morgan fingerprint density at radius 1 is 1.64 bits per heavy atom. The van der Waals surface area contributed by atoms with Crippen LogP contribution in [0.1, 0.15) is 0 Å². The molecule has 5 nitrogen and oxygen atoms in total. The van der Waals surface area contributed by atoms with Crippen LogP contribution in [0.3, 0.4) is 0 Å². The van der Waals surface area contributed by atoms with Crippen molar-refractivity contribution in [3.63, 3.8) is 0 Å². The molecule has 1 heterocycles. The number of aliphatic carboxylic acids is 1. The Hall–Kier alpha value is -1.30. The quantitative estimate of drug-likeness (QED) is 0.479. The van der Waals surface area contributed by atoms with E-state index in [1.54, 1.807) is 0 Å². The van der Waals surface area contributed by atoms with Crippen LogP contribution >= 0.6 is 0 Å². The third-order valence-corrected chi connectivity index (χ3v) is 1.99. The Balaban J connectivity index is 3.09. The van der Waals surface area contributed by atoms with Crippen LogP contribution in [-0.2, 0) is 15.1 Å². The van der Waals surface area contributed by atoms with Crippen LogP contribution in [0.2, 0.25) is 0 Å². The first kappa shape index (κ1) is 7.80. The molecule has 0 aromatic heterocycles. The maximum absolute atomic E-state index is 10.3. The maximum Gasteiger partial charge on any atom is 0.331 e. The van der Waals surface area contributed by atoms with Gasteiger partial charge in [0, 0.05) is 0 Å². The van der Waals surface area contributed by atoms with Crippen molar-refractivity contribution in [2.75, 3.05) is 0 Å². The summed E-state index contributed by atoms with van der Waals surface area (Å²) in [6, 6.07) is -1.12. The fourth-order valence-corrected chi connectivity index (χ4v) is 1.29. The van der Waals surface area contributed by atoms with Crippen molar-refractivity contribution in [1.29, 1.82) is 0 Å². The third-order valence-electron chi connectivity index (χ3n) is 1.23. The topological polar surface area (TPSA) is 83.5 Å². The van der Waals surface area contributed by atoms with Gasteiger partial charge in [0.05, 0.1) is 0 Å². The SMILES string of the molecule is O=C(O)C1NC=CC1=S(=O)=O. The second-order valence-electron chi connectivity index (χ2n) is 1.91. The Kier molecular flexibility index (Phi) is 1.95. The Bertz CT molecular complexity index is 331. The molecule has 1 aliphatic heterocycles. The van der Waals surface area contributed by atoms with Crippen molar-refractivity contribution >= 4 is 21.1 Å². The molecule has 0 bridgehead atoms. The average Bonchev–Trinajstić information content (AvgIpc) is 2.32. The van der Waals surface area contributed by atoms with E-state index >= 15 is 0 Å². The summed E-state index contributed by atoms with van der Waals surface area (Å²) in [6.07, 6.45) is 2.52. The first-order valence-electron chi connectivity index (χ1n) is 2.74. The van der Waals surface area contributed by atoms with Crippen LogP contribution in [0, 0.1) is 0 Å². The zero-order chi connectivity index (χ0) is 8.43. The van der Waals surface area contributed by atoms with E-state index in [0.717, 1.165) is 0 Å². The molecular formula is C5H5NO4S. The summed E-state index contributed by atoms with van der Waals surface area (Å²) in [4.78, 5) is 10.2. The van der Waals surface area contributed by atoms with Gasteiger partial charge in [0.25, 0.3) is 0 Å². The van der Waals surface area contributed by atoms with Crippen molar-refractivity contribution in [2.45, 2.75) is 6.04 Å². The summed E-state index contributed by atoms with van der Waals surface area (Å²) in [7, 11) is -2.46. The summed E-state index contributed by atoms with van der Waals surface area (Å²) in [6.45, 7) is 0. The van der Waals surface area contributed by atoms with Gasteiger partial charge in [-0.1, -0.05) is 0 Å². The van der Waals surface area contributed by atoms with Crippen LogP contribution in [0.25, 0.3) is 0 Å². The Morgan fingerprint density at radius 3 is 2.64 bits per heavy atom. The average molecular weight is 175 g/mol. The zero-order valence-corrected chi connectivity index (χ0v) is 6.13. The zero-order valence-electron chi connectivity index (χ0n) is 5.31. The number of hydrogen-bond acceptors (Lipinski definition) is 4. The van der Waals surface area contributed by atoms with Gasteiger partial charge in [-0.25, -0.2) is 4.79 Å². The third kappa shape index (κ3) is 1.40. The smallest absolute Gasteiger partial charge is 0.331 e. The van der Waals surface area contributed by atoms with Crippen molar-refractivity contribution in [2.24, 2.45) is 0 Å². The molecule has 0 aromatic carbocycles. The number of carbonyl (C=O) groups is 1. The minimum atomic E-state index is -2.46. The van der Waals surface area contributed by atoms with Crippen LogP contribution in [0.4, 0.5) is 0 Å². The molecule has 2 N–H and O–H groups in total. The van der Waals surface area contributed by atoms with Crippen LogP contribution in [0.15, 0.2) is 12.3 Å². The minimum Gasteiger partial charge on any atom is -0.479 e. The lowest BCUT2D eigenvalue weighted by atomic mass is 10.2. The minimum absolute atomic E-state index is 0.141. The summed E-state index contributed by atoms with van der Waals surface area (Å²) in [5.74, 6) is -1.20. The van der Waals surface area contributed by atoms with Gasteiger partial charge in [-0.3, -0.25) is 0 Å². The normalized spacial score (nSPS) is 21.5. The molecule has 0 saturated carbocycles. The molecule has 6 heteroatoms. The van der Waals surface area contributed by atoms with E-state index in [0.29, 0.717) is 0 Å². The van der Waals surface area contributed by atoms with Crippen LogP contribution in [-0.4, -0.2) is 30.4 Å². The van der Waals surface area contributed by atoms with Crippen LogP contribution < -0.4 is 5.32 Å². The summed E-state index contributed by atoms with van der Waals surface area (Å²) < 4.78 is 20.6. The highest BCUT2D eigenvalue weighted by Gasteiger charge is 2.25. The number of hydrogen-bond donors (Lipinski definition) is 2. The van der Waals surface area contributed by atoms with Crippen LogP contribution in [0.5, 0.6) is 0 Å². The van der Waals surface area contributed by atoms with Crippen molar-refractivity contribution < 1.29 is 18.3 Å². The van der Waals surface area contributed by atoms with E-state index in [1.807, 2.05) is 0 Å². The summed E-state index contributed by atoms with van der Waals surface area (Å²) in [5.41, 5.74) is 0. The molecule has 0 fully saturated rings. The first-order chi connectivity index (χ1) is 5.13. The van der Waals surface area contributed by atoms with Crippen molar-refractivity contribution in [3.05, 3.63) is 12.3 Å². The monoisotopic (exact) mass is 175 g/mol. The number of rotatable bonds is 1. The van der Waals surface area contributed by atoms with E-state index < -0.39 is 22.3 Å². The van der Waals surface area contributed by atoms with Gasteiger partial charge in [0.2, 0.25) is 10.3 Å². The second-order valence-corrected chi connectivity index (χ2v) is 2.85. The van der Waals surface area contributed by atoms with Crippen molar-refractivity contribution in [3.8, 4) is 0 Å². The number of carboxylic acids is 1. The standard InChI is InChI=1S/C5H5NO4S/c7-5(8)4-3(11(9)10)1-2-6-4/h1-2,4,6H,(H,7,8). The molecule has 1 rings (SSSR count). The molecule has 11 heavy (non-hydrogen) atoms. The van der Waals surface area contributed by atoms with Gasteiger partial charge in [-0.2, -0.15) is 8.42 Å². The van der Waals surface area contributed by atoms with Gasteiger partial charge < -0.3 is 10.4 Å². The molecule has 1 atom stereocenters. The number of carboxylic acid groups (broad SMARTS) is 1. The lowest BCUT2D eigenvalue weighted by Crippen LogP contribution is -2.35. The highest BCUT2D eigenvalue weighted by Crippen LogP contribution is 1.97. The fourth-order valence-electron chi connectivity index (χ4n) is 0.750. The molecule has 1 aliphatic rings. The van der Waals surface area contributed by atoms with E-state index in [2.05, 4.69) is 5.32 Å². The molecule has 0 aliphatic carbocycles. The molecular weight excluding hydrogens is 170 g/mol. The van der Waals surface area contributed by atoms with Gasteiger partial charge in [0.1, 0.15) is 4.86 Å². The number of nitrogens with one attached hydrogen (secondary N) is 1. The molecule has 0 aromatic rings. The molecule has 0 radical (unpaired) electrons. The van der Waals surface area contributed by atoms with Gasteiger partial charge in [-0.15, -0.1) is 0 Å². The second kappa shape index (κ2) is 2.75. The molecule has 0 spiro atoms. The summed E-state index contributed by atoms with van der Waals surface area (Å²) in [5, 5.41) is 10.8. The lowest BCUT2D eigenvalue weighted by molar-refractivity contribution is -0.137. The van der Waals surface area contributed by atoms with Crippen molar-refractivity contribution in [1.82, 2.24) is 5.32 Å². The highest BCUT2D eigenvalue weighted by molar-refractivity contribution is 7.73. The highest BCUT2D eigenvalue weighted by atomic mass is 32.2. The van der Waals surface area contributed by atoms with E-state index in [4.69, 9.17) is 5.11 Å². The fraction of sp³-hybridized carbons (Fsp3) is 0.200. The van der Waals surface area contributed by atoms with Gasteiger partial charge >= 0.3 is 5.97 Å². The molecule has 1 unspecified atom stereocenters. The van der Waals surface area contributed by atoms with E-state index in [9.17, 15) is 13.2 Å². The molecule has 0 amide bonds. The molecule has 60 valence electrons. The predicted molar refractivity (Wildman–Crippen MR) is 37.6 cm³/mol. The summed E-state index contributed by atoms with van der Waals surface area (Å²) >= 11 is 0. The Morgan fingerprint density at radius 2 is 2.27 bits per heavy atom. The van der Waals surface area contributed by atoms with E-state index in [1.165, 1.54) is 12.3 Å².